The summed E-state index contributed by atoms with van der Waals surface area (Å²) in [7, 11) is 0. The van der Waals surface area contributed by atoms with Crippen LogP contribution in [0.2, 0.25) is 5.02 Å². The molecule has 0 radical (unpaired) electrons. The lowest BCUT2D eigenvalue weighted by molar-refractivity contribution is 0.641. The van der Waals surface area contributed by atoms with Crippen LogP contribution >= 0.6 is 23.4 Å². The molecule has 1 heterocycles. The highest BCUT2D eigenvalue weighted by Crippen LogP contribution is 2.41. The fourth-order valence-electron chi connectivity index (χ4n) is 3.50. The lowest BCUT2D eigenvalue weighted by atomic mass is 10.1. The molecular formula is C23H20ClNS. The first kappa shape index (κ1) is 17.3. The molecule has 0 amide bonds. The zero-order valence-electron chi connectivity index (χ0n) is 14.8. The van der Waals surface area contributed by atoms with Crippen molar-refractivity contribution in [2.45, 2.75) is 29.7 Å². The van der Waals surface area contributed by atoms with Gasteiger partial charge >= 0.3 is 0 Å². The zero-order valence-corrected chi connectivity index (χ0v) is 16.4. The summed E-state index contributed by atoms with van der Waals surface area (Å²) in [6.07, 6.45) is 0. The summed E-state index contributed by atoms with van der Waals surface area (Å²) in [6.45, 7) is 4.46. The summed E-state index contributed by atoms with van der Waals surface area (Å²) in [4.78, 5) is 2.54. The SMILES string of the molecule is Cc1c(Sc2ccccc2)c2ccc(Cl)cc2n1C(C)c1ccccc1. The second-order valence-electron chi connectivity index (χ2n) is 6.45. The van der Waals surface area contributed by atoms with E-state index in [0.29, 0.717) is 0 Å². The van der Waals surface area contributed by atoms with Crippen LogP contribution in [0.4, 0.5) is 0 Å². The van der Waals surface area contributed by atoms with Gasteiger partial charge in [-0.25, -0.2) is 0 Å². The van der Waals surface area contributed by atoms with Gasteiger partial charge in [0.25, 0.3) is 0 Å². The Morgan fingerprint density at radius 1 is 0.885 bits per heavy atom. The Bertz CT molecular complexity index is 1040. The zero-order chi connectivity index (χ0) is 18.1. The summed E-state index contributed by atoms with van der Waals surface area (Å²) in [5.74, 6) is 0. The predicted molar refractivity (Wildman–Crippen MR) is 113 cm³/mol. The molecule has 0 aliphatic rings. The minimum Gasteiger partial charge on any atom is -0.336 e. The van der Waals surface area contributed by atoms with Crippen LogP contribution in [0.1, 0.15) is 24.2 Å². The fourth-order valence-corrected chi connectivity index (χ4v) is 4.72. The Morgan fingerprint density at radius 3 is 2.23 bits per heavy atom. The van der Waals surface area contributed by atoms with E-state index < -0.39 is 0 Å². The Hall–Kier alpha value is -2.16. The standard InChI is InChI=1S/C23H20ClNS/c1-16(18-9-5-3-6-10-18)25-17(2)23(26-20-11-7-4-8-12-20)21-14-13-19(24)15-22(21)25/h3-16H,1-2H3. The molecule has 0 saturated carbocycles. The number of nitrogens with zero attached hydrogens (tertiary/aromatic N) is 1. The van der Waals surface area contributed by atoms with Crippen molar-refractivity contribution in [2.24, 2.45) is 0 Å². The Balaban J connectivity index is 1.90. The molecule has 0 bridgehead atoms. The van der Waals surface area contributed by atoms with Crippen LogP contribution in [-0.4, -0.2) is 4.57 Å². The predicted octanol–water partition coefficient (Wildman–Crippen LogP) is 7.36. The van der Waals surface area contributed by atoms with Crippen molar-refractivity contribution >= 4 is 34.3 Å². The van der Waals surface area contributed by atoms with Crippen LogP contribution in [0.25, 0.3) is 10.9 Å². The van der Waals surface area contributed by atoms with E-state index in [-0.39, 0.29) is 6.04 Å². The monoisotopic (exact) mass is 377 g/mol. The molecule has 0 aliphatic carbocycles. The molecular weight excluding hydrogens is 358 g/mol. The first-order chi connectivity index (χ1) is 12.6. The van der Waals surface area contributed by atoms with Gasteiger partial charge in [-0.15, -0.1) is 0 Å². The number of aromatic nitrogens is 1. The van der Waals surface area contributed by atoms with E-state index in [1.54, 1.807) is 0 Å². The molecule has 0 saturated heterocycles. The third-order valence-electron chi connectivity index (χ3n) is 4.79. The molecule has 1 nitrogen and oxygen atoms in total. The molecule has 0 fully saturated rings. The van der Waals surface area contributed by atoms with Gasteiger partial charge in [-0.1, -0.05) is 78.0 Å². The number of halogens is 1. The first-order valence-electron chi connectivity index (χ1n) is 8.73. The average molecular weight is 378 g/mol. The van der Waals surface area contributed by atoms with Gasteiger partial charge in [0.15, 0.2) is 0 Å². The maximum absolute atomic E-state index is 6.34. The molecule has 0 N–H and O–H groups in total. The Morgan fingerprint density at radius 2 is 1.54 bits per heavy atom. The summed E-state index contributed by atoms with van der Waals surface area (Å²) < 4.78 is 2.40. The summed E-state index contributed by atoms with van der Waals surface area (Å²) in [6, 6.07) is 27.6. The van der Waals surface area contributed by atoms with Crippen molar-refractivity contribution in [3.05, 3.63) is 95.1 Å². The fraction of sp³-hybridized carbons (Fsp3) is 0.130. The molecule has 0 spiro atoms. The third-order valence-corrected chi connectivity index (χ3v) is 6.25. The quantitative estimate of drug-likeness (QED) is 0.359. The van der Waals surface area contributed by atoms with Gasteiger partial charge in [0, 0.05) is 25.9 Å². The smallest absolute Gasteiger partial charge is 0.0560 e. The number of fused-ring (bicyclic) bond motifs is 1. The number of rotatable bonds is 4. The average Bonchev–Trinajstić information content (AvgIpc) is 2.94. The molecule has 130 valence electrons. The molecule has 3 heteroatoms. The van der Waals surface area contributed by atoms with Crippen molar-refractivity contribution in [3.8, 4) is 0 Å². The second kappa shape index (κ2) is 7.22. The first-order valence-corrected chi connectivity index (χ1v) is 9.92. The van der Waals surface area contributed by atoms with Crippen LogP contribution in [-0.2, 0) is 0 Å². The summed E-state index contributed by atoms with van der Waals surface area (Å²) >= 11 is 8.16. The van der Waals surface area contributed by atoms with E-state index >= 15 is 0 Å². The molecule has 4 aromatic rings. The topological polar surface area (TPSA) is 4.93 Å². The van der Waals surface area contributed by atoms with E-state index in [9.17, 15) is 0 Å². The number of hydrogen-bond acceptors (Lipinski definition) is 1. The Kier molecular flexibility index (Phi) is 4.80. The summed E-state index contributed by atoms with van der Waals surface area (Å²) in [5.41, 5.74) is 3.75. The van der Waals surface area contributed by atoms with Crippen LogP contribution < -0.4 is 0 Å². The molecule has 1 unspecified atom stereocenters. The third kappa shape index (κ3) is 3.15. The van der Waals surface area contributed by atoms with Crippen molar-refractivity contribution < 1.29 is 0 Å². The lowest BCUT2D eigenvalue weighted by Gasteiger charge is -2.18. The molecule has 1 aromatic heterocycles. The minimum absolute atomic E-state index is 0.238. The van der Waals surface area contributed by atoms with Gasteiger partial charge < -0.3 is 4.57 Å². The van der Waals surface area contributed by atoms with E-state index in [0.717, 1.165) is 5.02 Å². The highest BCUT2D eigenvalue weighted by atomic mass is 35.5. The molecule has 4 rings (SSSR count). The second-order valence-corrected chi connectivity index (χ2v) is 7.97. The number of hydrogen-bond donors (Lipinski definition) is 0. The minimum atomic E-state index is 0.238. The molecule has 26 heavy (non-hydrogen) atoms. The largest absolute Gasteiger partial charge is 0.336 e. The normalized spacial score (nSPS) is 12.4. The Labute approximate surface area is 163 Å². The van der Waals surface area contributed by atoms with Crippen molar-refractivity contribution in [1.29, 1.82) is 0 Å². The van der Waals surface area contributed by atoms with Gasteiger partial charge in [-0.05, 0) is 43.7 Å². The maximum atomic E-state index is 6.34. The van der Waals surface area contributed by atoms with Crippen molar-refractivity contribution in [2.75, 3.05) is 0 Å². The maximum Gasteiger partial charge on any atom is 0.0560 e. The van der Waals surface area contributed by atoms with E-state index in [1.807, 2.05) is 17.8 Å². The highest BCUT2D eigenvalue weighted by Gasteiger charge is 2.20. The van der Waals surface area contributed by atoms with Crippen LogP contribution in [0, 0.1) is 6.92 Å². The van der Waals surface area contributed by atoms with Gasteiger partial charge in [-0.3, -0.25) is 0 Å². The van der Waals surface area contributed by atoms with Gasteiger partial charge in [0.1, 0.15) is 0 Å². The van der Waals surface area contributed by atoms with E-state index in [4.69, 9.17) is 11.6 Å². The van der Waals surface area contributed by atoms with Crippen LogP contribution in [0.15, 0.2) is 88.7 Å². The lowest BCUT2D eigenvalue weighted by Crippen LogP contribution is -2.08. The summed E-state index contributed by atoms with van der Waals surface area (Å²) in [5, 5.41) is 2.02. The van der Waals surface area contributed by atoms with Crippen molar-refractivity contribution in [1.82, 2.24) is 4.57 Å². The molecule has 0 aliphatic heterocycles. The molecule has 3 aromatic carbocycles. The van der Waals surface area contributed by atoms with E-state index in [2.05, 4.69) is 91.2 Å². The van der Waals surface area contributed by atoms with Crippen LogP contribution in [0.5, 0.6) is 0 Å². The number of benzene rings is 3. The molecule has 1 atom stereocenters. The van der Waals surface area contributed by atoms with Gasteiger partial charge in [-0.2, -0.15) is 0 Å². The highest BCUT2D eigenvalue weighted by molar-refractivity contribution is 7.99. The van der Waals surface area contributed by atoms with Gasteiger partial charge in [0.05, 0.1) is 11.6 Å². The van der Waals surface area contributed by atoms with Crippen LogP contribution in [0.3, 0.4) is 0 Å². The van der Waals surface area contributed by atoms with E-state index in [1.165, 1.54) is 32.0 Å². The van der Waals surface area contributed by atoms with Crippen molar-refractivity contribution in [3.63, 3.8) is 0 Å². The van der Waals surface area contributed by atoms with Gasteiger partial charge in [0.2, 0.25) is 0 Å².